The Morgan fingerprint density at radius 3 is 1.12 bits per heavy atom. The SMILES string of the molecule is C[Si](C)(C)O[Si](C)(C)O[Si](C)(CCC(F)(F)C(F)(F)C(F)(F)C(F)(F)C(F)(F)C(F)(F)C(F)(F)C(F)(F)C(F)(F)F)O[Si](C)(CCCOCCO)O[Si](C)(C)C. The maximum Gasteiger partial charge on any atom is 0.460 e. The lowest BCUT2D eigenvalue weighted by molar-refractivity contribution is -0.468. The van der Waals surface area contributed by atoms with E-state index in [0.29, 0.717) is 0 Å². The first kappa shape index (κ1) is 55.5. The molecular weight excluding hydrogens is 910 g/mol. The summed E-state index contributed by atoms with van der Waals surface area (Å²) >= 11 is 0. The Kier molecular flexibility index (Phi) is 17.0. The van der Waals surface area contributed by atoms with Crippen LogP contribution in [-0.2, 0) is 21.2 Å². The van der Waals surface area contributed by atoms with Crippen LogP contribution in [0.1, 0.15) is 12.8 Å². The third kappa shape index (κ3) is 12.1. The Balaban J connectivity index is 7.22. The summed E-state index contributed by atoms with van der Waals surface area (Å²) in [6, 6.07) is -1.69. The van der Waals surface area contributed by atoms with Gasteiger partial charge in [0.2, 0.25) is 0 Å². The standard InChI is InChI=1S/C26H45F19O6Si5/c1-52(2,3)48-54(7,8)50-56(10,51-55(9,49-53(4,5)6)16-11-14-47-15-13-46)17-12-18(27,28)19(29,30)20(31,32)21(33,34)22(35,36)23(37,38)24(39,40)25(41,42)26(43,44)45/h46H,11-17H2,1-10H3. The molecule has 56 heavy (non-hydrogen) atoms. The van der Waals surface area contributed by atoms with E-state index >= 15 is 8.78 Å². The van der Waals surface area contributed by atoms with E-state index in [9.17, 15) is 74.6 Å². The Morgan fingerprint density at radius 1 is 0.411 bits per heavy atom. The molecule has 2 atom stereocenters. The zero-order chi connectivity index (χ0) is 45.5. The number of rotatable bonds is 24. The Morgan fingerprint density at radius 2 is 0.768 bits per heavy atom. The van der Waals surface area contributed by atoms with E-state index in [4.69, 9.17) is 26.3 Å². The Hall–Kier alpha value is -0.486. The van der Waals surface area contributed by atoms with Crippen LogP contribution in [0.15, 0.2) is 0 Å². The second-order valence-corrected chi connectivity index (χ2v) is 35.5. The van der Waals surface area contributed by atoms with E-state index in [1.165, 1.54) is 19.6 Å². The minimum atomic E-state index is -9.00. The molecule has 6 nitrogen and oxygen atoms in total. The third-order valence-electron chi connectivity index (χ3n) is 7.20. The summed E-state index contributed by atoms with van der Waals surface area (Å²) in [7, 11) is -17.5. The van der Waals surface area contributed by atoms with Gasteiger partial charge in [0, 0.05) is 13.0 Å². The van der Waals surface area contributed by atoms with Gasteiger partial charge in [0.1, 0.15) is 0 Å². The molecule has 338 valence electrons. The Bertz CT molecular complexity index is 1290. The second-order valence-electron chi connectivity index (χ2n) is 15.5. The van der Waals surface area contributed by atoms with Crippen molar-refractivity contribution in [3.8, 4) is 0 Å². The highest BCUT2D eigenvalue weighted by molar-refractivity contribution is 6.90. The summed E-state index contributed by atoms with van der Waals surface area (Å²) in [6.45, 7) is 14.2. The van der Waals surface area contributed by atoms with Crippen LogP contribution >= 0.6 is 0 Å². The molecular formula is C26H45F19O6Si5. The molecule has 30 heteroatoms. The fourth-order valence-corrected chi connectivity index (χ4v) is 28.9. The van der Waals surface area contributed by atoms with Gasteiger partial charge in [-0.3, -0.25) is 0 Å². The molecule has 0 spiro atoms. The van der Waals surface area contributed by atoms with Crippen molar-refractivity contribution in [3.63, 3.8) is 0 Å². The minimum absolute atomic E-state index is 0.0449. The quantitative estimate of drug-likeness (QED) is 0.0591. The van der Waals surface area contributed by atoms with E-state index in [0.717, 1.165) is 6.55 Å². The van der Waals surface area contributed by atoms with Gasteiger partial charge in [-0.2, -0.15) is 83.4 Å². The molecule has 0 saturated carbocycles. The molecule has 0 aromatic rings. The number of alkyl halides is 19. The summed E-state index contributed by atoms with van der Waals surface area (Å²) < 4.78 is 295. The van der Waals surface area contributed by atoms with Crippen LogP contribution in [0.25, 0.3) is 0 Å². The van der Waals surface area contributed by atoms with Crippen LogP contribution in [-0.4, -0.2) is 121 Å². The fraction of sp³-hybridized carbons (Fsp3) is 1.00. The lowest BCUT2D eigenvalue weighted by Crippen LogP contribution is -2.75. The number of aliphatic hydroxyl groups excluding tert-OH is 1. The predicted octanol–water partition coefficient (Wildman–Crippen LogP) is 11.0. The second kappa shape index (κ2) is 17.1. The topological polar surface area (TPSA) is 66.4 Å². The first-order chi connectivity index (χ1) is 24.1. The van der Waals surface area contributed by atoms with Crippen molar-refractivity contribution in [2.45, 2.75) is 144 Å². The van der Waals surface area contributed by atoms with Gasteiger partial charge in [-0.15, -0.1) is 0 Å². The number of hydrogen-bond acceptors (Lipinski definition) is 6. The largest absolute Gasteiger partial charge is 0.460 e. The van der Waals surface area contributed by atoms with Gasteiger partial charge in [0.15, 0.2) is 16.6 Å². The molecule has 0 rings (SSSR count). The summed E-state index contributed by atoms with van der Waals surface area (Å²) in [5.41, 5.74) is 0. The van der Waals surface area contributed by atoms with Crippen molar-refractivity contribution in [3.05, 3.63) is 0 Å². The number of hydrogen-bond donors (Lipinski definition) is 1. The van der Waals surface area contributed by atoms with E-state index in [-0.39, 0.29) is 32.3 Å². The molecule has 0 saturated heterocycles. The Labute approximate surface area is 315 Å². The normalized spacial score (nSPS) is 17.9. The van der Waals surface area contributed by atoms with Gasteiger partial charge >= 0.3 is 79.2 Å². The molecule has 0 aliphatic carbocycles. The highest BCUT2D eigenvalue weighted by Crippen LogP contribution is 2.65. The van der Waals surface area contributed by atoms with Gasteiger partial charge in [0.25, 0.3) is 0 Å². The van der Waals surface area contributed by atoms with Gasteiger partial charge in [-0.25, -0.2) is 0 Å². The molecule has 0 heterocycles. The molecule has 0 aliphatic heterocycles. The highest BCUT2D eigenvalue weighted by atomic mass is 28.5. The van der Waals surface area contributed by atoms with Crippen LogP contribution in [0.2, 0.25) is 77.6 Å². The summed E-state index contributed by atoms with van der Waals surface area (Å²) in [5, 5.41) is 8.92. The number of halogens is 19. The highest BCUT2D eigenvalue weighted by Gasteiger charge is 2.96. The first-order valence-electron chi connectivity index (χ1n) is 16.2. The van der Waals surface area contributed by atoms with Crippen LogP contribution in [0.3, 0.4) is 0 Å². The molecule has 1 N–H and O–H groups in total. The van der Waals surface area contributed by atoms with Crippen LogP contribution < -0.4 is 0 Å². The zero-order valence-electron chi connectivity index (χ0n) is 31.6. The maximum atomic E-state index is 15.2. The van der Waals surface area contributed by atoms with Crippen molar-refractivity contribution in [1.29, 1.82) is 0 Å². The summed E-state index contributed by atoms with van der Waals surface area (Å²) in [5.74, 6) is -67.2. The molecule has 0 radical (unpaired) electrons. The van der Waals surface area contributed by atoms with Gasteiger partial charge in [0.05, 0.1) is 13.2 Å². The third-order valence-corrected chi connectivity index (χ3v) is 25.4. The molecule has 0 bridgehead atoms. The molecule has 0 aromatic heterocycles. The fourth-order valence-electron chi connectivity index (χ4n) is 5.22. The van der Waals surface area contributed by atoms with E-state index in [1.807, 2.05) is 0 Å². The molecule has 0 fully saturated rings. The van der Waals surface area contributed by atoms with Crippen molar-refractivity contribution in [1.82, 2.24) is 0 Å². The minimum Gasteiger partial charge on any atom is -0.437 e. The van der Waals surface area contributed by atoms with Crippen LogP contribution in [0.4, 0.5) is 83.4 Å². The van der Waals surface area contributed by atoms with E-state index in [1.54, 1.807) is 39.3 Å². The van der Waals surface area contributed by atoms with Crippen LogP contribution in [0.5, 0.6) is 0 Å². The average molecular weight is 955 g/mol. The van der Waals surface area contributed by atoms with Crippen molar-refractivity contribution < 1.29 is 110 Å². The van der Waals surface area contributed by atoms with Gasteiger partial charge < -0.3 is 26.3 Å². The monoisotopic (exact) mass is 954 g/mol. The summed E-state index contributed by atoms with van der Waals surface area (Å²) in [6.07, 6.45) is -10.6. The van der Waals surface area contributed by atoms with E-state index < -0.39 is 108 Å². The van der Waals surface area contributed by atoms with Gasteiger partial charge in [-0.1, -0.05) is 0 Å². The summed E-state index contributed by atoms with van der Waals surface area (Å²) in [4.78, 5) is 0. The average Bonchev–Trinajstić information content (AvgIpc) is 2.91. The maximum absolute atomic E-state index is 15.2. The zero-order valence-corrected chi connectivity index (χ0v) is 36.6. The van der Waals surface area contributed by atoms with Crippen molar-refractivity contribution in [2.24, 2.45) is 0 Å². The molecule has 2 unspecified atom stereocenters. The number of aliphatic hydroxyl groups is 1. The van der Waals surface area contributed by atoms with Crippen molar-refractivity contribution in [2.75, 3.05) is 19.8 Å². The first-order valence-corrected chi connectivity index (χ1v) is 30.9. The van der Waals surface area contributed by atoms with Gasteiger partial charge in [-0.05, 0) is 84.0 Å². The number of ether oxygens (including phenoxy) is 1. The molecule has 0 aromatic carbocycles. The lowest BCUT2D eigenvalue weighted by Gasteiger charge is -2.45. The molecule has 0 aliphatic rings. The smallest absolute Gasteiger partial charge is 0.437 e. The lowest BCUT2D eigenvalue weighted by atomic mass is 9.87. The predicted molar refractivity (Wildman–Crippen MR) is 174 cm³/mol. The van der Waals surface area contributed by atoms with Crippen molar-refractivity contribution >= 4 is 42.3 Å². The molecule has 0 amide bonds. The van der Waals surface area contributed by atoms with E-state index in [2.05, 4.69) is 0 Å². The van der Waals surface area contributed by atoms with Crippen LogP contribution in [0, 0.1) is 0 Å².